The van der Waals surface area contributed by atoms with Crippen molar-refractivity contribution in [1.82, 2.24) is 4.98 Å². The van der Waals surface area contributed by atoms with Gasteiger partial charge in [-0.15, -0.1) is 0 Å². The quantitative estimate of drug-likeness (QED) is 0.644. The van der Waals surface area contributed by atoms with Crippen molar-refractivity contribution in [2.45, 2.75) is 65.2 Å². The molecule has 0 amide bonds. The van der Waals surface area contributed by atoms with Crippen LogP contribution in [0.3, 0.4) is 0 Å². The largest absolute Gasteiger partial charge is 0.505 e. The van der Waals surface area contributed by atoms with Crippen molar-refractivity contribution in [3.8, 4) is 5.75 Å². The van der Waals surface area contributed by atoms with Crippen LogP contribution < -0.4 is 0 Å². The molecule has 1 aromatic carbocycles. The molecule has 2 heteroatoms. The van der Waals surface area contributed by atoms with Gasteiger partial charge >= 0.3 is 0 Å². The molecule has 0 aliphatic heterocycles. The monoisotopic (exact) mass is 299 g/mol. The molecule has 0 saturated carbocycles. The zero-order valence-electron chi connectivity index (χ0n) is 14.2. The summed E-state index contributed by atoms with van der Waals surface area (Å²) in [6.45, 7) is 6.77. The van der Waals surface area contributed by atoms with Gasteiger partial charge in [-0.25, -0.2) is 0 Å². The highest BCUT2D eigenvalue weighted by molar-refractivity contribution is 5.85. The summed E-state index contributed by atoms with van der Waals surface area (Å²) in [4.78, 5) is 4.33. The molecule has 22 heavy (non-hydrogen) atoms. The predicted octanol–water partition coefficient (Wildman–Crippen LogP) is 6.04. The van der Waals surface area contributed by atoms with E-state index in [9.17, 15) is 5.11 Å². The van der Waals surface area contributed by atoms with Gasteiger partial charge in [-0.3, -0.25) is 4.98 Å². The lowest BCUT2D eigenvalue weighted by Gasteiger charge is -2.19. The van der Waals surface area contributed by atoms with Gasteiger partial charge in [0, 0.05) is 11.6 Å². The molecule has 120 valence electrons. The van der Waals surface area contributed by atoms with Gasteiger partial charge in [0.25, 0.3) is 0 Å². The molecule has 0 spiro atoms. The highest BCUT2D eigenvalue weighted by Gasteiger charge is 2.15. The Morgan fingerprint density at radius 3 is 2.64 bits per heavy atom. The number of pyridine rings is 1. The summed E-state index contributed by atoms with van der Waals surface area (Å²) in [5.74, 6) is 1.57. The first-order valence-electron chi connectivity index (χ1n) is 8.73. The number of unbranched alkanes of at least 4 members (excludes halogenated alkanes) is 1. The van der Waals surface area contributed by atoms with E-state index in [1.165, 1.54) is 32.1 Å². The Kier molecular flexibility index (Phi) is 6.23. The predicted molar refractivity (Wildman–Crippen MR) is 94.4 cm³/mol. The summed E-state index contributed by atoms with van der Waals surface area (Å²) in [5, 5.41) is 11.5. The van der Waals surface area contributed by atoms with Gasteiger partial charge in [-0.2, -0.15) is 0 Å². The SMILES string of the molecule is CCCC[C@H](CC)CC[C@H](C)c1ccc2cccnc2c1O. The van der Waals surface area contributed by atoms with Crippen molar-refractivity contribution in [2.75, 3.05) is 0 Å². The number of fused-ring (bicyclic) bond motifs is 1. The van der Waals surface area contributed by atoms with Gasteiger partial charge in [0.2, 0.25) is 0 Å². The second kappa shape index (κ2) is 8.17. The van der Waals surface area contributed by atoms with Crippen molar-refractivity contribution in [1.29, 1.82) is 0 Å². The summed E-state index contributed by atoms with van der Waals surface area (Å²) in [7, 11) is 0. The number of aromatic nitrogens is 1. The fourth-order valence-corrected chi connectivity index (χ4v) is 3.23. The molecule has 0 saturated heterocycles. The third-order valence-electron chi connectivity index (χ3n) is 4.86. The highest BCUT2D eigenvalue weighted by Crippen LogP contribution is 2.35. The van der Waals surface area contributed by atoms with E-state index >= 15 is 0 Å². The third kappa shape index (κ3) is 4.00. The Labute approximate surface area is 134 Å². The smallest absolute Gasteiger partial charge is 0.145 e. The molecule has 0 unspecified atom stereocenters. The number of hydrogen-bond acceptors (Lipinski definition) is 2. The van der Waals surface area contributed by atoms with Crippen molar-refractivity contribution in [2.24, 2.45) is 5.92 Å². The van der Waals surface area contributed by atoms with Crippen LogP contribution in [0, 0.1) is 5.92 Å². The van der Waals surface area contributed by atoms with Gasteiger partial charge < -0.3 is 5.11 Å². The molecule has 0 bridgehead atoms. The first-order valence-corrected chi connectivity index (χ1v) is 8.73. The van der Waals surface area contributed by atoms with Crippen LogP contribution in [-0.4, -0.2) is 10.1 Å². The zero-order chi connectivity index (χ0) is 15.9. The van der Waals surface area contributed by atoms with Crippen LogP contribution in [0.5, 0.6) is 5.75 Å². The van der Waals surface area contributed by atoms with Crippen LogP contribution in [0.1, 0.15) is 70.8 Å². The Morgan fingerprint density at radius 1 is 1.09 bits per heavy atom. The molecular weight excluding hydrogens is 270 g/mol. The fraction of sp³-hybridized carbons (Fsp3) is 0.550. The first-order chi connectivity index (χ1) is 10.7. The number of phenols is 1. The van der Waals surface area contributed by atoms with E-state index in [4.69, 9.17) is 0 Å². The molecular formula is C20H29NO. The molecule has 0 aliphatic rings. The lowest BCUT2D eigenvalue weighted by atomic mass is 9.87. The Hall–Kier alpha value is -1.57. The van der Waals surface area contributed by atoms with Crippen molar-refractivity contribution in [3.63, 3.8) is 0 Å². The molecule has 2 rings (SSSR count). The Balaban J connectivity index is 2.06. The number of hydrogen-bond donors (Lipinski definition) is 1. The number of aromatic hydroxyl groups is 1. The van der Waals surface area contributed by atoms with E-state index in [0.29, 0.717) is 11.7 Å². The molecule has 2 atom stereocenters. The molecule has 2 aromatic rings. The maximum Gasteiger partial charge on any atom is 0.145 e. The second-order valence-corrected chi connectivity index (χ2v) is 6.47. The van der Waals surface area contributed by atoms with Gasteiger partial charge in [0.15, 0.2) is 0 Å². The van der Waals surface area contributed by atoms with Crippen LogP contribution in [0.2, 0.25) is 0 Å². The van der Waals surface area contributed by atoms with Crippen LogP contribution in [-0.2, 0) is 0 Å². The van der Waals surface area contributed by atoms with Crippen molar-refractivity contribution >= 4 is 10.9 Å². The Morgan fingerprint density at radius 2 is 1.91 bits per heavy atom. The van der Waals surface area contributed by atoms with E-state index < -0.39 is 0 Å². The molecule has 1 N–H and O–H groups in total. The van der Waals surface area contributed by atoms with Gasteiger partial charge in [0.1, 0.15) is 11.3 Å². The summed E-state index contributed by atoms with van der Waals surface area (Å²) in [6.07, 6.45) is 9.34. The maximum atomic E-state index is 10.5. The number of rotatable bonds is 8. The van der Waals surface area contributed by atoms with Crippen LogP contribution in [0.25, 0.3) is 10.9 Å². The van der Waals surface area contributed by atoms with Gasteiger partial charge in [-0.1, -0.05) is 64.7 Å². The fourth-order valence-electron chi connectivity index (χ4n) is 3.23. The lowest BCUT2D eigenvalue weighted by molar-refractivity contribution is 0.392. The highest BCUT2D eigenvalue weighted by atomic mass is 16.3. The number of nitrogens with zero attached hydrogens (tertiary/aromatic N) is 1. The van der Waals surface area contributed by atoms with Crippen LogP contribution >= 0.6 is 0 Å². The Bertz CT molecular complexity index is 593. The molecule has 2 nitrogen and oxygen atoms in total. The summed E-state index contributed by atoms with van der Waals surface area (Å²) < 4.78 is 0. The minimum absolute atomic E-state index is 0.368. The maximum absolute atomic E-state index is 10.5. The lowest BCUT2D eigenvalue weighted by Crippen LogP contribution is -2.03. The molecule has 0 fully saturated rings. The van der Waals surface area contributed by atoms with Crippen LogP contribution in [0.15, 0.2) is 30.5 Å². The van der Waals surface area contributed by atoms with Crippen LogP contribution in [0.4, 0.5) is 0 Å². The average molecular weight is 299 g/mol. The van der Waals surface area contributed by atoms with E-state index in [2.05, 4.69) is 37.9 Å². The summed E-state index contributed by atoms with van der Waals surface area (Å²) in [5.41, 5.74) is 1.77. The summed E-state index contributed by atoms with van der Waals surface area (Å²) >= 11 is 0. The standard InChI is InChI=1S/C20H29NO/c1-4-6-8-16(5-2)11-10-15(3)18-13-12-17-9-7-14-21-19(17)20(18)22/h7,9,12-16,22H,4-6,8,10-11H2,1-3H3/t15-,16-/m0/s1. The van der Waals surface area contributed by atoms with E-state index in [0.717, 1.165) is 28.8 Å². The minimum atomic E-state index is 0.368. The van der Waals surface area contributed by atoms with Crippen molar-refractivity contribution in [3.05, 3.63) is 36.0 Å². The van der Waals surface area contributed by atoms with E-state index in [1.807, 2.05) is 12.1 Å². The number of phenolic OH excluding ortho intramolecular Hbond substituents is 1. The minimum Gasteiger partial charge on any atom is -0.505 e. The molecule has 1 heterocycles. The van der Waals surface area contributed by atoms with Gasteiger partial charge in [-0.05, 0) is 36.3 Å². The zero-order valence-corrected chi connectivity index (χ0v) is 14.2. The molecule has 0 radical (unpaired) electrons. The molecule has 1 aromatic heterocycles. The average Bonchev–Trinajstić information content (AvgIpc) is 2.55. The van der Waals surface area contributed by atoms with E-state index in [-0.39, 0.29) is 0 Å². The number of benzene rings is 1. The molecule has 0 aliphatic carbocycles. The van der Waals surface area contributed by atoms with E-state index in [1.54, 1.807) is 6.20 Å². The summed E-state index contributed by atoms with van der Waals surface area (Å²) in [6, 6.07) is 8.04. The van der Waals surface area contributed by atoms with Crippen molar-refractivity contribution < 1.29 is 5.11 Å². The van der Waals surface area contributed by atoms with Gasteiger partial charge in [0.05, 0.1) is 0 Å². The topological polar surface area (TPSA) is 33.1 Å². The second-order valence-electron chi connectivity index (χ2n) is 6.47. The first kappa shape index (κ1) is 16.8. The third-order valence-corrected chi connectivity index (χ3v) is 4.86. The normalized spacial score (nSPS) is 14.1.